The lowest BCUT2D eigenvalue weighted by molar-refractivity contribution is -0.167. The molecule has 0 aromatic heterocycles. The largest absolute Gasteiger partial charge is 0.462 e. The molecule has 0 N–H and O–H groups in total. The van der Waals surface area contributed by atoms with Gasteiger partial charge in [0.2, 0.25) is 0 Å². The molecule has 1 atom stereocenters. The van der Waals surface area contributed by atoms with E-state index in [1.165, 1.54) is 128 Å². The maximum absolute atomic E-state index is 12.9. The lowest BCUT2D eigenvalue weighted by Crippen LogP contribution is -2.30. The monoisotopic (exact) mass is 987 g/mol. The molecule has 0 aliphatic rings. The molecule has 0 radical (unpaired) electrons. The highest BCUT2D eigenvalue weighted by Gasteiger charge is 2.19. The van der Waals surface area contributed by atoms with Gasteiger partial charge in [-0.05, 0) is 122 Å². The van der Waals surface area contributed by atoms with Crippen molar-refractivity contribution in [3.63, 3.8) is 0 Å². The zero-order valence-corrected chi connectivity index (χ0v) is 46.5. The Bertz CT molecular complexity index is 1410. The van der Waals surface area contributed by atoms with Gasteiger partial charge in [0.15, 0.2) is 6.10 Å². The van der Waals surface area contributed by atoms with Gasteiger partial charge in [0.1, 0.15) is 13.2 Å². The van der Waals surface area contributed by atoms with Crippen LogP contribution >= 0.6 is 0 Å². The SMILES string of the molecule is CC/C=C\C/C=C\C/C=C\C/C=C\CCCCCCC(=O)O[C@H](COC(=O)CCCC/C=C\C/C=C\C/C=C\CCCCC)COC(=O)CCCCCCCCCCCCC/C=C\CCCCCCCC. The van der Waals surface area contributed by atoms with E-state index in [0.29, 0.717) is 19.3 Å². The summed E-state index contributed by atoms with van der Waals surface area (Å²) in [6, 6.07) is 0. The fraction of sp³-hybridized carbons (Fsp3) is 0.708. The van der Waals surface area contributed by atoms with Crippen LogP contribution < -0.4 is 0 Å². The van der Waals surface area contributed by atoms with Crippen LogP contribution in [0, 0.1) is 0 Å². The number of esters is 3. The molecule has 0 aliphatic heterocycles. The molecule has 0 spiro atoms. The summed E-state index contributed by atoms with van der Waals surface area (Å²) in [5, 5.41) is 0. The Morgan fingerprint density at radius 3 is 0.930 bits per heavy atom. The van der Waals surface area contributed by atoms with E-state index in [-0.39, 0.29) is 31.1 Å². The topological polar surface area (TPSA) is 78.9 Å². The number of carbonyl (C=O) groups excluding carboxylic acids is 3. The average Bonchev–Trinajstić information content (AvgIpc) is 3.37. The van der Waals surface area contributed by atoms with Crippen molar-refractivity contribution >= 4 is 17.9 Å². The Balaban J connectivity index is 4.44. The Morgan fingerprint density at radius 1 is 0.296 bits per heavy atom. The third kappa shape index (κ3) is 57.1. The van der Waals surface area contributed by atoms with Crippen molar-refractivity contribution in [2.75, 3.05) is 13.2 Å². The van der Waals surface area contributed by atoms with Gasteiger partial charge < -0.3 is 14.2 Å². The van der Waals surface area contributed by atoms with Crippen molar-refractivity contribution in [2.24, 2.45) is 0 Å². The molecule has 0 aromatic carbocycles. The molecule has 71 heavy (non-hydrogen) atoms. The zero-order chi connectivity index (χ0) is 51.4. The number of carbonyl (C=O) groups is 3. The van der Waals surface area contributed by atoms with E-state index in [9.17, 15) is 14.4 Å². The summed E-state index contributed by atoms with van der Waals surface area (Å²) in [5.41, 5.74) is 0. The van der Waals surface area contributed by atoms with Crippen molar-refractivity contribution in [1.29, 1.82) is 0 Å². The Morgan fingerprint density at radius 2 is 0.549 bits per heavy atom. The Hall–Kier alpha value is -3.67. The van der Waals surface area contributed by atoms with E-state index in [2.05, 4.69) is 118 Å². The van der Waals surface area contributed by atoms with Gasteiger partial charge in [0.25, 0.3) is 0 Å². The van der Waals surface area contributed by atoms with Gasteiger partial charge in [-0.1, -0.05) is 234 Å². The summed E-state index contributed by atoms with van der Waals surface area (Å²) in [4.78, 5) is 38.2. The van der Waals surface area contributed by atoms with Crippen LogP contribution in [0.3, 0.4) is 0 Å². The molecule has 0 amide bonds. The summed E-state index contributed by atoms with van der Waals surface area (Å²) < 4.78 is 16.8. The normalized spacial score (nSPS) is 12.8. The molecular formula is C65H110O6. The summed E-state index contributed by atoms with van der Waals surface area (Å²) in [5.74, 6) is -0.960. The Kier molecular flexibility index (Phi) is 55.9. The molecular weight excluding hydrogens is 877 g/mol. The van der Waals surface area contributed by atoms with Crippen LogP contribution in [0.15, 0.2) is 97.2 Å². The van der Waals surface area contributed by atoms with Gasteiger partial charge in [-0.3, -0.25) is 14.4 Å². The molecule has 0 aliphatic carbocycles. The van der Waals surface area contributed by atoms with Gasteiger partial charge >= 0.3 is 17.9 Å². The third-order valence-corrected chi connectivity index (χ3v) is 12.5. The standard InChI is InChI=1S/C65H110O6/c1-4-7-10-13-16-19-22-25-28-30-31-32-33-35-37-40-43-46-49-52-55-58-64(67)70-61-62(60-69-63(66)57-54-51-48-45-42-39-36-27-24-21-18-15-12-9-6-3)71-65(68)59-56-53-50-47-44-41-38-34-29-26-23-20-17-14-11-8-5-2/h8,11,17-18,20-21,25-29,36,38,41-42,45,62H,4-7,9-10,12-16,19,22-24,30-35,37,39-40,43-44,46-61H2,1-3H3/b11-8-,20-17-,21-18-,28-25-,29-26-,36-27-,41-38-,45-42-/t62-/m1/s1. The van der Waals surface area contributed by atoms with E-state index in [1.54, 1.807) is 0 Å². The summed E-state index contributed by atoms with van der Waals surface area (Å²) >= 11 is 0. The van der Waals surface area contributed by atoms with Crippen LogP contribution in [0.2, 0.25) is 0 Å². The van der Waals surface area contributed by atoms with E-state index in [1.807, 2.05) is 0 Å². The minimum absolute atomic E-state index is 0.100. The number of hydrogen-bond acceptors (Lipinski definition) is 6. The molecule has 406 valence electrons. The summed E-state index contributed by atoms with van der Waals surface area (Å²) in [7, 11) is 0. The van der Waals surface area contributed by atoms with Crippen molar-refractivity contribution in [1.82, 2.24) is 0 Å². The van der Waals surface area contributed by atoms with Gasteiger partial charge in [0.05, 0.1) is 0 Å². The van der Waals surface area contributed by atoms with Crippen LogP contribution in [0.25, 0.3) is 0 Å². The first kappa shape index (κ1) is 67.3. The van der Waals surface area contributed by atoms with Crippen LogP contribution in [-0.4, -0.2) is 37.2 Å². The number of ether oxygens (including phenoxy) is 3. The van der Waals surface area contributed by atoms with Gasteiger partial charge in [-0.15, -0.1) is 0 Å². The van der Waals surface area contributed by atoms with Gasteiger partial charge in [-0.2, -0.15) is 0 Å². The number of unbranched alkanes of at least 4 members (excludes halogenated alkanes) is 26. The first-order valence-corrected chi connectivity index (χ1v) is 29.7. The van der Waals surface area contributed by atoms with Gasteiger partial charge in [0, 0.05) is 19.3 Å². The van der Waals surface area contributed by atoms with E-state index >= 15 is 0 Å². The summed E-state index contributed by atoms with van der Waals surface area (Å²) in [6.45, 7) is 6.45. The quantitative estimate of drug-likeness (QED) is 0.0261. The van der Waals surface area contributed by atoms with Gasteiger partial charge in [-0.25, -0.2) is 0 Å². The Labute approximate surface area is 438 Å². The van der Waals surface area contributed by atoms with Crippen molar-refractivity contribution in [2.45, 2.75) is 284 Å². The lowest BCUT2D eigenvalue weighted by atomic mass is 10.0. The molecule has 0 saturated heterocycles. The predicted molar refractivity (Wildman–Crippen MR) is 307 cm³/mol. The molecule has 0 rings (SSSR count). The number of allylic oxidation sites excluding steroid dienone is 16. The first-order valence-electron chi connectivity index (χ1n) is 29.7. The van der Waals surface area contributed by atoms with Crippen LogP contribution in [0.5, 0.6) is 0 Å². The van der Waals surface area contributed by atoms with E-state index < -0.39 is 6.10 Å². The van der Waals surface area contributed by atoms with E-state index in [4.69, 9.17) is 14.2 Å². The first-order chi connectivity index (χ1) is 35.0. The highest BCUT2D eigenvalue weighted by Crippen LogP contribution is 2.15. The fourth-order valence-electron chi connectivity index (χ4n) is 8.08. The second-order valence-corrected chi connectivity index (χ2v) is 19.5. The van der Waals surface area contributed by atoms with Crippen molar-refractivity contribution < 1.29 is 28.6 Å². The third-order valence-electron chi connectivity index (χ3n) is 12.5. The molecule has 6 heteroatoms. The number of hydrogen-bond donors (Lipinski definition) is 0. The summed E-state index contributed by atoms with van der Waals surface area (Å²) in [6.07, 6.45) is 78.3. The smallest absolute Gasteiger partial charge is 0.306 e. The molecule has 0 fully saturated rings. The van der Waals surface area contributed by atoms with E-state index in [0.717, 1.165) is 109 Å². The second kappa shape index (κ2) is 58.9. The average molecular weight is 988 g/mol. The molecule has 0 heterocycles. The maximum atomic E-state index is 12.9. The second-order valence-electron chi connectivity index (χ2n) is 19.5. The van der Waals surface area contributed by atoms with Crippen LogP contribution in [0.4, 0.5) is 0 Å². The molecule has 0 unspecified atom stereocenters. The minimum atomic E-state index is -0.808. The van der Waals surface area contributed by atoms with Crippen molar-refractivity contribution in [3.8, 4) is 0 Å². The maximum Gasteiger partial charge on any atom is 0.306 e. The van der Waals surface area contributed by atoms with Crippen molar-refractivity contribution in [3.05, 3.63) is 97.2 Å². The lowest BCUT2D eigenvalue weighted by Gasteiger charge is -2.18. The molecule has 0 bridgehead atoms. The zero-order valence-electron chi connectivity index (χ0n) is 46.5. The molecule has 0 saturated carbocycles. The van der Waals surface area contributed by atoms with Crippen LogP contribution in [0.1, 0.15) is 278 Å². The predicted octanol–water partition coefficient (Wildman–Crippen LogP) is 20.1. The van der Waals surface area contributed by atoms with Crippen LogP contribution in [-0.2, 0) is 28.6 Å². The number of rotatable bonds is 53. The fourth-order valence-corrected chi connectivity index (χ4v) is 8.08. The molecule has 0 aromatic rings. The minimum Gasteiger partial charge on any atom is -0.462 e. The highest BCUT2D eigenvalue weighted by molar-refractivity contribution is 5.71. The molecule has 6 nitrogen and oxygen atoms in total. The highest BCUT2D eigenvalue weighted by atomic mass is 16.6.